The highest BCUT2D eigenvalue weighted by Crippen LogP contribution is 2.23. The van der Waals surface area contributed by atoms with Crippen molar-refractivity contribution in [2.45, 2.75) is 38.4 Å². The Labute approximate surface area is 122 Å². The van der Waals surface area contributed by atoms with Gasteiger partial charge in [-0.15, -0.1) is 0 Å². The molecular formula is C14H20BrN3O. The van der Waals surface area contributed by atoms with Crippen molar-refractivity contribution in [3.05, 3.63) is 33.8 Å². The van der Waals surface area contributed by atoms with Gasteiger partial charge in [0.1, 0.15) is 0 Å². The molecule has 1 heterocycles. The van der Waals surface area contributed by atoms with Crippen molar-refractivity contribution < 1.29 is 4.79 Å². The first-order valence-corrected chi connectivity index (χ1v) is 7.46. The molecule has 0 saturated carbocycles. The van der Waals surface area contributed by atoms with Gasteiger partial charge in [-0.3, -0.25) is 10.1 Å². The molecule has 2 atom stereocenters. The summed E-state index contributed by atoms with van der Waals surface area (Å²) in [5.41, 5.74) is 6.96. The number of carbonyl (C=O) groups excluding carboxylic acids is 1. The molecule has 1 aliphatic heterocycles. The summed E-state index contributed by atoms with van der Waals surface area (Å²) in [6.07, 6.45) is 3.89. The molecule has 104 valence electrons. The van der Waals surface area contributed by atoms with Crippen LogP contribution >= 0.6 is 15.9 Å². The van der Waals surface area contributed by atoms with Crippen LogP contribution in [-0.2, 0) is 0 Å². The number of amides is 1. The van der Waals surface area contributed by atoms with Gasteiger partial charge in [-0.25, -0.2) is 0 Å². The SMILES string of the molecule is CC(NC1CCCCN1)c1cc(Br)ccc1C(N)=O. The van der Waals surface area contributed by atoms with Crippen LogP contribution in [-0.4, -0.2) is 18.6 Å². The molecule has 0 aromatic heterocycles. The van der Waals surface area contributed by atoms with Gasteiger partial charge in [0.05, 0.1) is 6.17 Å². The smallest absolute Gasteiger partial charge is 0.249 e. The Morgan fingerprint density at radius 2 is 2.32 bits per heavy atom. The van der Waals surface area contributed by atoms with Crippen molar-refractivity contribution in [1.29, 1.82) is 0 Å². The van der Waals surface area contributed by atoms with Crippen LogP contribution in [0.5, 0.6) is 0 Å². The number of rotatable bonds is 4. The zero-order valence-electron chi connectivity index (χ0n) is 11.1. The Morgan fingerprint density at radius 3 is 2.95 bits per heavy atom. The van der Waals surface area contributed by atoms with Crippen molar-refractivity contribution in [3.8, 4) is 0 Å². The van der Waals surface area contributed by atoms with E-state index < -0.39 is 0 Å². The fourth-order valence-electron chi connectivity index (χ4n) is 2.50. The van der Waals surface area contributed by atoms with Crippen molar-refractivity contribution in [2.75, 3.05) is 6.54 Å². The van der Waals surface area contributed by atoms with E-state index in [0.717, 1.165) is 23.0 Å². The second-order valence-corrected chi connectivity index (χ2v) is 5.90. The Balaban J connectivity index is 2.14. The summed E-state index contributed by atoms with van der Waals surface area (Å²) in [4.78, 5) is 11.5. The first-order valence-electron chi connectivity index (χ1n) is 6.66. The summed E-state index contributed by atoms with van der Waals surface area (Å²) in [6, 6.07) is 5.65. The highest BCUT2D eigenvalue weighted by Gasteiger charge is 2.19. The monoisotopic (exact) mass is 325 g/mol. The molecule has 0 aliphatic carbocycles. The minimum Gasteiger partial charge on any atom is -0.366 e. The summed E-state index contributed by atoms with van der Waals surface area (Å²) >= 11 is 3.44. The first-order chi connectivity index (χ1) is 9.08. The number of nitrogens with two attached hydrogens (primary N) is 1. The van der Waals surface area contributed by atoms with Gasteiger partial charge in [0.25, 0.3) is 0 Å². The number of hydrogen-bond donors (Lipinski definition) is 3. The Kier molecular flexibility index (Phi) is 4.96. The molecule has 1 aromatic carbocycles. The lowest BCUT2D eigenvalue weighted by Crippen LogP contribution is -2.46. The average molecular weight is 326 g/mol. The number of primary amides is 1. The van der Waals surface area contributed by atoms with Crippen molar-refractivity contribution in [3.63, 3.8) is 0 Å². The fourth-order valence-corrected chi connectivity index (χ4v) is 2.88. The van der Waals surface area contributed by atoms with Crippen LogP contribution in [0.4, 0.5) is 0 Å². The van der Waals surface area contributed by atoms with Crippen LogP contribution in [0.25, 0.3) is 0 Å². The van der Waals surface area contributed by atoms with Gasteiger partial charge < -0.3 is 11.1 Å². The number of benzene rings is 1. The average Bonchev–Trinajstić information content (AvgIpc) is 2.39. The first kappa shape index (κ1) is 14.5. The second-order valence-electron chi connectivity index (χ2n) is 4.99. The predicted molar refractivity (Wildman–Crippen MR) is 79.9 cm³/mol. The van der Waals surface area contributed by atoms with E-state index in [0.29, 0.717) is 11.7 Å². The van der Waals surface area contributed by atoms with E-state index in [1.807, 2.05) is 12.1 Å². The van der Waals surface area contributed by atoms with Crippen LogP contribution in [0.2, 0.25) is 0 Å². The lowest BCUT2D eigenvalue weighted by molar-refractivity contribution is 0.0998. The van der Waals surface area contributed by atoms with Crippen molar-refractivity contribution >= 4 is 21.8 Å². The van der Waals surface area contributed by atoms with Gasteiger partial charge in [-0.05, 0) is 56.5 Å². The Hall–Kier alpha value is -0.910. The quantitative estimate of drug-likeness (QED) is 0.795. The molecule has 4 nitrogen and oxygen atoms in total. The molecule has 0 radical (unpaired) electrons. The van der Waals surface area contributed by atoms with Gasteiger partial charge >= 0.3 is 0 Å². The number of piperidine rings is 1. The highest BCUT2D eigenvalue weighted by molar-refractivity contribution is 9.10. The summed E-state index contributed by atoms with van der Waals surface area (Å²) in [5.74, 6) is -0.382. The second kappa shape index (κ2) is 6.50. The zero-order chi connectivity index (χ0) is 13.8. The van der Waals surface area contributed by atoms with E-state index in [1.165, 1.54) is 12.8 Å². The predicted octanol–water partition coefficient (Wildman–Crippen LogP) is 2.30. The number of carbonyl (C=O) groups is 1. The fraction of sp³-hybridized carbons (Fsp3) is 0.500. The Bertz CT molecular complexity index is 458. The van der Waals surface area contributed by atoms with Gasteiger partial charge in [-0.2, -0.15) is 0 Å². The van der Waals surface area contributed by atoms with E-state index >= 15 is 0 Å². The Morgan fingerprint density at radius 1 is 1.53 bits per heavy atom. The molecule has 1 aliphatic rings. The standard InChI is InChI=1S/C14H20BrN3O/c1-9(18-13-4-2-3-7-17-13)12-8-10(15)5-6-11(12)14(16)19/h5-6,8-9,13,17-18H,2-4,7H2,1H3,(H2,16,19). The topological polar surface area (TPSA) is 67.2 Å². The number of nitrogens with one attached hydrogen (secondary N) is 2. The maximum atomic E-state index is 11.5. The molecule has 1 fully saturated rings. The lowest BCUT2D eigenvalue weighted by Gasteiger charge is -2.28. The maximum absolute atomic E-state index is 11.5. The van der Waals surface area contributed by atoms with Crippen LogP contribution in [0.15, 0.2) is 22.7 Å². The normalized spacial score (nSPS) is 21.1. The number of halogens is 1. The summed E-state index contributed by atoms with van der Waals surface area (Å²) in [6.45, 7) is 3.11. The largest absolute Gasteiger partial charge is 0.366 e. The molecule has 2 unspecified atom stereocenters. The van der Waals surface area contributed by atoms with E-state index in [2.05, 4.69) is 33.5 Å². The van der Waals surface area contributed by atoms with Crippen LogP contribution in [0.3, 0.4) is 0 Å². The lowest BCUT2D eigenvalue weighted by atomic mass is 10.00. The van der Waals surface area contributed by atoms with Gasteiger partial charge in [-0.1, -0.05) is 15.9 Å². The minimum absolute atomic E-state index is 0.0793. The van der Waals surface area contributed by atoms with Gasteiger partial charge in [0.15, 0.2) is 0 Å². The maximum Gasteiger partial charge on any atom is 0.249 e. The van der Waals surface area contributed by atoms with E-state index in [-0.39, 0.29) is 11.9 Å². The molecule has 19 heavy (non-hydrogen) atoms. The van der Waals surface area contributed by atoms with Crippen LogP contribution in [0.1, 0.15) is 48.1 Å². The summed E-state index contributed by atoms with van der Waals surface area (Å²) in [7, 11) is 0. The van der Waals surface area contributed by atoms with Crippen LogP contribution in [0, 0.1) is 0 Å². The molecule has 1 amide bonds. The van der Waals surface area contributed by atoms with E-state index in [4.69, 9.17) is 5.73 Å². The third-order valence-electron chi connectivity index (χ3n) is 3.51. The summed E-state index contributed by atoms with van der Waals surface area (Å²) in [5, 5.41) is 6.96. The van der Waals surface area contributed by atoms with E-state index in [1.54, 1.807) is 6.07 Å². The molecular weight excluding hydrogens is 306 g/mol. The van der Waals surface area contributed by atoms with E-state index in [9.17, 15) is 4.79 Å². The molecule has 1 saturated heterocycles. The van der Waals surface area contributed by atoms with Crippen LogP contribution < -0.4 is 16.4 Å². The van der Waals surface area contributed by atoms with Gasteiger partial charge in [0, 0.05) is 16.1 Å². The highest BCUT2D eigenvalue weighted by atomic mass is 79.9. The zero-order valence-corrected chi connectivity index (χ0v) is 12.7. The summed E-state index contributed by atoms with van der Waals surface area (Å²) < 4.78 is 0.956. The van der Waals surface area contributed by atoms with Crippen molar-refractivity contribution in [1.82, 2.24) is 10.6 Å². The number of hydrogen-bond acceptors (Lipinski definition) is 3. The molecule has 5 heteroatoms. The molecule has 2 rings (SSSR count). The van der Waals surface area contributed by atoms with Crippen molar-refractivity contribution in [2.24, 2.45) is 5.73 Å². The third-order valence-corrected chi connectivity index (χ3v) is 4.00. The third kappa shape index (κ3) is 3.78. The molecule has 0 spiro atoms. The molecule has 1 aromatic rings. The van der Waals surface area contributed by atoms with Gasteiger partial charge in [0.2, 0.25) is 5.91 Å². The molecule has 4 N–H and O–H groups in total. The molecule has 0 bridgehead atoms. The minimum atomic E-state index is -0.382.